The molecule has 2 N–H and O–H groups in total. The van der Waals surface area contributed by atoms with Crippen LogP contribution in [0.15, 0.2) is 30.7 Å². The molecule has 2 fully saturated rings. The molecule has 1 saturated heterocycles. The number of nitriles is 1. The highest BCUT2D eigenvalue weighted by molar-refractivity contribution is 7.87. The molecule has 5 rings (SSSR count). The summed E-state index contributed by atoms with van der Waals surface area (Å²) in [5, 5.41) is 10.3. The fraction of sp³-hybridized carbons (Fsp3) is 0.500. The number of nitrogens with zero attached hydrogens (tertiary/aromatic N) is 5. The van der Waals surface area contributed by atoms with Crippen LogP contribution in [0.4, 0.5) is 5.82 Å². The topological polar surface area (TPSA) is 118 Å². The predicted molar refractivity (Wildman–Crippen MR) is 103 cm³/mol. The molecule has 146 valence electrons. The number of fused-ring (bicyclic) bond motifs is 2. The highest BCUT2D eigenvalue weighted by Gasteiger charge is 2.52. The number of aromatic amines is 1. The third kappa shape index (κ3) is 2.54. The zero-order valence-electron chi connectivity index (χ0n) is 15.4. The quantitative estimate of drug-likeness (QED) is 0.717. The first-order chi connectivity index (χ1) is 13.4. The molecule has 2 atom stereocenters. The Morgan fingerprint density at radius 2 is 2.25 bits per heavy atom. The van der Waals surface area contributed by atoms with E-state index in [4.69, 9.17) is 0 Å². The Labute approximate surface area is 163 Å². The van der Waals surface area contributed by atoms with E-state index in [-0.39, 0.29) is 24.5 Å². The molecule has 0 unspecified atom stereocenters. The second kappa shape index (κ2) is 6.01. The van der Waals surface area contributed by atoms with Gasteiger partial charge in [-0.25, -0.2) is 9.97 Å². The molecule has 0 spiro atoms. The lowest BCUT2D eigenvalue weighted by Gasteiger charge is -2.42. The summed E-state index contributed by atoms with van der Waals surface area (Å²) in [7, 11) is -1.61. The molecule has 2 aromatic rings. The van der Waals surface area contributed by atoms with Crippen LogP contribution < -0.4 is 9.62 Å². The van der Waals surface area contributed by atoms with Gasteiger partial charge in [0, 0.05) is 44.3 Å². The van der Waals surface area contributed by atoms with Crippen molar-refractivity contribution in [1.82, 2.24) is 24.0 Å². The zero-order valence-corrected chi connectivity index (χ0v) is 16.2. The monoisotopic (exact) mass is 399 g/mol. The molecular formula is C18H21N7O2S. The maximum absolute atomic E-state index is 12.7. The molecule has 1 aliphatic heterocycles. The van der Waals surface area contributed by atoms with Crippen molar-refractivity contribution >= 4 is 27.1 Å². The summed E-state index contributed by atoms with van der Waals surface area (Å²) in [4.78, 5) is 13.8. The first-order valence-corrected chi connectivity index (χ1v) is 10.7. The lowest BCUT2D eigenvalue weighted by Crippen LogP contribution is -2.55. The van der Waals surface area contributed by atoms with Gasteiger partial charge in [0.1, 0.15) is 17.8 Å². The van der Waals surface area contributed by atoms with E-state index in [1.54, 1.807) is 0 Å². The number of hydrogen-bond acceptors (Lipinski definition) is 6. The van der Waals surface area contributed by atoms with Gasteiger partial charge in [0.2, 0.25) is 0 Å². The Morgan fingerprint density at radius 3 is 2.93 bits per heavy atom. The Hall–Kier alpha value is -2.48. The van der Waals surface area contributed by atoms with Crippen LogP contribution in [0.25, 0.3) is 11.0 Å². The van der Waals surface area contributed by atoms with Crippen LogP contribution in [0.1, 0.15) is 12.8 Å². The summed E-state index contributed by atoms with van der Waals surface area (Å²) >= 11 is 0. The van der Waals surface area contributed by atoms with Gasteiger partial charge in [0.15, 0.2) is 0 Å². The summed E-state index contributed by atoms with van der Waals surface area (Å²) in [5.74, 6) is 0.853. The second-order valence-electron chi connectivity index (χ2n) is 7.90. The van der Waals surface area contributed by atoms with E-state index < -0.39 is 15.6 Å². The maximum Gasteiger partial charge on any atom is 0.279 e. The van der Waals surface area contributed by atoms with E-state index in [0.717, 1.165) is 16.9 Å². The summed E-state index contributed by atoms with van der Waals surface area (Å²) in [6.45, 7) is 0.615. The first-order valence-electron chi connectivity index (χ1n) is 9.31. The maximum atomic E-state index is 12.7. The molecule has 3 aliphatic rings. The number of H-pyrrole nitrogens is 1. The molecular weight excluding hydrogens is 378 g/mol. The number of rotatable bonds is 5. The SMILES string of the molecule is CN(c1ncnc2[nH]ccc12)[C@H]1C[C@@H](NS(=O)(=O)N2C[C@H]3C=C[C@@]3(C#N)C2)C1. The molecule has 28 heavy (non-hydrogen) atoms. The zero-order chi connectivity index (χ0) is 19.5. The molecule has 9 nitrogen and oxygen atoms in total. The number of aromatic nitrogens is 3. The highest BCUT2D eigenvalue weighted by atomic mass is 32.2. The van der Waals surface area contributed by atoms with Crippen LogP contribution in [0, 0.1) is 22.7 Å². The fourth-order valence-corrected chi connectivity index (χ4v) is 5.87. The minimum atomic E-state index is -3.59. The van der Waals surface area contributed by atoms with Crippen molar-refractivity contribution in [3.63, 3.8) is 0 Å². The van der Waals surface area contributed by atoms with Crippen molar-refractivity contribution in [3.8, 4) is 6.07 Å². The standard InChI is InChI=1S/C18H21N7O2S/c1-24(17-15-3-5-20-16(15)21-11-22-17)14-6-13(7-14)23-28(26,27)25-8-12-2-4-18(12,9-19)10-25/h2-5,11-14,23H,6-8,10H2,1H3,(H,20,21,22)/t12-,13-,14+,18-/m1/s1. The predicted octanol–water partition coefficient (Wildman–Crippen LogP) is 0.771. The smallest absolute Gasteiger partial charge is 0.279 e. The number of nitrogens with one attached hydrogen (secondary N) is 2. The molecule has 0 radical (unpaired) electrons. The molecule has 2 aliphatic carbocycles. The Bertz CT molecular complexity index is 1100. The lowest BCUT2D eigenvalue weighted by atomic mass is 9.71. The van der Waals surface area contributed by atoms with E-state index in [1.165, 1.54) is 10.6 Å². The summed E-state index contributed by atoms with van der Waals surface area (Å²) < 4.78 is 29.7. The Kier molecular flexibility index (Phi) is 3.78. The van der Waals surface area contributed by atoms with E-state index in [9.17, 15) is 13.7 Å². The Balaban J connectivity index is 1.22. The van der Waals surface area contributed by atoms with Crippen LogP contribution >= 0.6 is 0 Å². The van der Waals surface area contributed by atoms with Crippen molar-refractivity contribution < 1.29 is 8.42 Å². The van der Waals surface area contributed by atoms with Gasteiger partial charge in [0.25, 0.3) is 10.2 Å². The van der Waals surface area contributed by atoms with E-state index in [0.29, 0.717) is 19.4 Å². The van der Waals surface area contributed by atoms with Gasteiger partial charge in [-0.2, -0.15) is 22.7 Å². The van der Waals surface area contributed by atoms with Crippen molar-refractivity contribution in [2.75, 3.05) is 25.0 Å². The molecule has 0 aromatic carbocycles. The fourth-order valence-electron chi connectivity index (χ4n) is 4.37. The average molecular weight is 399 g/mol. The molecule has 2 aromatic heterocycles. The third-order valence-electron chi connectivity index (χ3n) is 6.32. The van der Waals surface area contributed by atoms with Crippen molar-refractivity contribution in [2.45, 2.75) is 24.9 Å². The minimum absolute atomic E-state index is 0.0101. The largest absolute Gasteiger partial charge is 0.356 e. The summed E-state index contributed by atoms with van der Waals surface area (Å²) in [5.41, 5.74) is 0.156. The van der Waals surface area contributed by atoms with Crippen LogP contribution in [-0.2, 0) is 10.2 Å². The van der Waals surface area contributed by atoms with Gasteiger partial charge in [-0.15, -0.1) is 0 Å². The minimum Gasteiger partial charge on any atom is -0.356 e. The van der Waals surface area contributed by atoms with E-state index in [1.807, 2.05) is 31.5 Å². The van der Waals surface area contributed by atoms with Crippen LogP contribution in [0.2, 0.25) is 0 Å². The third-order valence-corrected chi connectivity index (χ3v) is 7.91. The van der Waals surface area contributed by atoms with Gasteiger partial charge in [-0.3, -0.25) is 0 Å². The van der Waals surface area contributed by atoms with Crippen LogP contribution in [-0.4, -0.2) is 59.9 Å². The summed E-state index contributed by atoms with van der Waals surface area (Å²) in [6.07, 6.45) is 8.54. The lowest BCUT2D eigenvalue weighted by molar-refractivity contribution is 0.308. The molecule has 0 amide bonds. The highest BCUT2D eigenvalue weighted by Crippen LogP contribution is 2.45. The van der Waals surface area contributed by atoms with Crippen LogP contribution in [0.5, 0.6) is 0 Å². The molecule has 0 bridgehead atoms. The van der Waals surface area contributed by atoms with E-state index >= 15 is 0 Å². The van der Waals surface area contributed by atoms with Gasteiger partial charge in [-0.1, -0.05) is 12.2 Å². The van der Waals surface area contributed by atoms with Crippen LogP contribution in [0.3, 0.4) is 0 Å². The van der Waals surface area contributed by atoms with Gasteiger partial charge in [0.05, 0.1) is 16.9 Å². The second-order valence-corrected chi connectivity index (χ2v) is 9.61. The van der Waals surface area contributed by atoms with Crippen molar-refractivity contribution in [1.29, 1.82) is 5.26 Å². The van der Waals surface area contributed by atoms with Gasteiger partial charge < -0.3 is 9.88 Å². The molecule has 1 saturated carbocycles. The van der Waals surface area contributed by atoms with Crippen molar-refractivity contribution in [2.24, 2.45) is 11.3 Å². The molecule has 3 heterocycles. The summed E-state index contributed by atoms with van der Waals surface area (Å²) in [6, 6.07) is 4.32. The van der Waals surface area contributed by atoms with Gasteiger partial charge >= 0.3 is 0 Å². The molecule has 10 heteroatoms. The van der Waals surface area contributed by atoms with Crippen molar-refractivity contribution in [3.05, 3.63) is 30.7 Å². The number of hydrogen-bond donors (Lipinski definition) is 2. The van der Waals surface area contributed by atoms with Gasteiger partial charge in [-0.05, 0) is 18.9 Å². The van der Waals surface area contributed by atoms with E-state index in [2.05, 4.69) is 30.6 Å². The Morgan fingerprint density at radius 1 is 1.43 bits per heavy atom. The normalized spacial score (nSPS) is 31.8. The number of anilines is 1. The average Bonchev–Trinajstić information content (AvgIpc) is 3.20. The first kappa shape index (κ1) is 17.6.